The third-order valence-electron chi connectivity index (χ3n) is 4.53. The monoisotopic (exact) mass is 323 g/mol. The van der Waals surface area contributed by atoms with Crippen molar-refractivity contribution in [1.82, 2.24) is 24.8 Å². The Morgan fingerprint density at radius 3 is 2.61 bits per heavy atom. The van der Waals surface area contributed by atoms with E-state index in [2.05, 4.69) is 27.0 Å². The second-order valence-electron chi connectivity index (χ2n) is 6.96. The maximum Gasteiger partial charge on any atom is 0.239 e. The van der Waals surface area contributed by atoms with Crippen LogP contribution in [0.4, 0.5) is 0 Å². The van der Waals surface area contributed by atoms with Crippen LogP contribution in [0.15, 0.2) is 4.52 Å². The minimum absolute atomic E-state index is 0.0684. The van der Waals surface area contributed by atoms with E-state index in [-0.39, 0.29) is 17.9 Å². The van der Waals surface area contributed by atoms with Crippen LogP contribution in [0, 0.1) is 0 Å². The Balaban J connectivity index is 1.89. The lowest BCUT2D eigenvalue weighted by atomic mass is 10.2. The van der Waals surface area contributed by atoms with Gasteiger partial charge in [-0.15, -0.1) is 0 Å². The number of nitrogens with zero attached hydrogens (tertiary/aromatic N) is 5. The predicted octanol–water partition coefficient (Wildman–Crippen LogP) is 1.18. The molecule has 0 saturated carbocycles. The van der Waals surface area contributed by atoms with Crippen LogP contribution in [-0.4, -0.2) is 77.1 Å². The fourth-order valence-corrected chi connectivity index (χ4v) is 2.93. The van der Waals surface area contributed by atoms with Gasteiger partial charge in [0.25, 0.3) is 0 Å². The van der Waals surface area contributed by atoms with Crippen molar-refractivity contribution in [3.05, 3.63) is 11.7 Å². The SMILES string of the molecule is CC(C)c1nc(CN(C)[C@@H]2CCN([C@@H](C)C(=O)N(C)C)C2)no1. The first-order chi connectivity index (χ1) is 10.8. The van der Waals surface area contributed by atoms with E-state index in [1.807, 2.05) is 20.8 Å². The first kappa shape index (κ1) is 17.9. The molecule has 7 nitrogen and oxygen atoms in total. The number of hydrogen-bond acceptors (Lipinski definition) is 6. The lowest BCUT2D eigenvalue weighted by Crippen LogP contribution is -2.45. The molecule has 0 N–H and O–H groups in total. The van der Waals surface area contributed by atoms with Crippen molar-refractivity contribution >= 4 is 5.91 Å². The highest BCUT2D eigenvalue weighted by atomic mass is 16.5. The normalized spacial score (nSPS) is 20.4. The highest BCUT2D eigenvalue weighted by molar-refractivity contribution is 5.80. The Labute approximate surface area is 138 Å². The molecule has 2 atom stereocenters. The lowest BCUT2D eigenvalue weighted by Gasteiger charge is -2.27. The average molecular weight is 323 g/mol. The minimum atomic E-state index is -0.0684. The largest absolute Gasteiger partial charge is 0.347 e. The maximum atomic E-state index is 12.1. The van der Waals surface area contributed by atoms with Crippen LogP contribution in [0.2, 0.25) is 0 Å². The van der Waals surface area contributed by atoms with Crippen molar-refractivity contribution in [2.75, 3.05) is 34.2 Å². The van der Waals surface area contributed by atoms with E-state index in [1.165, 1.54) is 0 Å². The van der Waals surface area contributed by atoms with Gasteiger partial charge in [0.2, 0.25) is 11.8 Å². The number of rotatable bonds is 6. The highest BCUT2D eigenvalue weighted by Gasteiger charge is 2.32. The fourth-order valence-electron chi connectivity index (χ4n) is 2.93. The summed E-state index contributed by atoms with van der Waals surface area (Å²) in [5.74, 6) is 1.83. The second-order valence-corrected chi connectivity index (χ2v) is 6.96. The maximum absolute atomic E-state index is 12.1. The van der Waals surface area contributed by atoms with E-state index in [1.54, 1.807) is 19.0 Å². The number of carbonyl (C=O) groups excluding carboxylic acids is 1. The molecule has 0 unspecified atom stereocenters. The summed E-state index contributed by atoms with van der Waals surface area (Å²) < 4.78 is 5.26. The van der Waals surface area contributed by atoms with E-state index in [4.69, 9.17) is 4.52 Å². The molecule has 7 heteroatoms. The number of carbonyl (C=O) groups is 1. The van der Waals surface area contributed by atoms with E-state index in [9.17, 15) is 4.79 Å². The third-order valence-corrected chi connectivity index (χ3v) is 4.53. The van der Waals surface area contributed by atoms with Crippen molar-refractivity contribution in [1.29, 1.82) is 0 Å². The van der Waals surface area contributed by atoms with Gasteiger partial charge in [0.15, 0.2) is 5.82 Å². The number of aromatic nitrogens is 2. The summed E-state index contributed by atoms with van der Waals surface area (Å²) in [5.41, 5.74) is 0. The molecule has 1 aromatic rings. The van der Waals surface area contributed by atoms with Crippen molar-refractivity contribution in [3.63, 3.8) is 0 Å². The molecular weight excluding hydrogens is 294 g/mol. The van der Waals surface area contributed by atoms with Gasteiger partial charge in [-0.3, -0.25) is 14.6 Å². The molecular formula is C16H29N5O2. The average Bonchev–Trinajstić information content (AvgIpc) is 3.14. The zero-order valence-corrected chi connectivity index (χ0v) is 15.1. The van der Waals surface area contributed by atoms with Gasteiger partial charge in [0, 0.05) is 39.1 Å². The first-order valence-electron chi connectivity index (χ1n) is 8.27. The zero-order chi connectivity index (χ0) is 17.1. The van der Waals surface area contributed by atoms with Gasteiger partial charge in [-0.25, -0.2) is 0 Å². The van der Waals surface area contributed by atoms with Crippen molar-refractivity contribution < 1.29 is 9.32 Å². The summed E-state index contributed by atoms with van der Waals surface area (Å²) in [6.45, 7) is 8.58. The van der Waals surface area contributed by atoms with E-state index in [0.29, 0.717) is 18.5 Å². The molecule has 1 aliphatic rings. The molecule has 1 amide bonds. The van der Waals surface area contributed by atoms with Crippen LogP contribution in [0.25, 0.3) is 0 Å². The van der Waals surface area contributed by atoms with Crippen LogP contribution in [0.1, 0.15) is 44.8 Å². The van der Waals surface area contributed by atoms with Gasteiger partial charge in [0.05, 0.1) is 12.6 Å². The second kappa shape index (κ2) is 7.40. The van der Waals surface area contributed by atoms with Gasteiger partial charge >= 0.3 is 0 Å². The van der Waals surface area contributed by atoms with Gasteiger partial charge in [-0.05, 0) is 20.4 Å². The topological polar surface area (TPSA) is 65.7 Å². The summed E-state index contributed by atoms with van der Waals surface area (Å²) in [6.07, 6.45) is 1.05. The van der Waals surface area contributed by atoms with Crippen LogP contribution in [0.3, 0.4) is 0 Å². The summed E-state index contributed by atoms with van der Waals surface area (Å²) in [5, 5.41) is 4.05. The Kier molecular flexibility index (Phi) is 5.75. The van der Waals surface area contributed by atoms with Crippen LogP contribution < -0.4 is 0 Å². The molecule has 0 bridgehead atoms. The smallest absolute Gasteiger partial charge is 0.239 e. The first-order valence-corrected chi connectivity index (χ1v) is 8.27. The number of amides is 1. The molecule has 1 aromatic heterocycles. The quantitative estimate of drug-likeness (QED) is 0.783. The van der Waals surface area contributed by atoms with Gasteiger partial charge in [-0.1, -0.05) is 19.0 Å². The van der Waals surface area contributed by atoms with Crippen LogP contribution >= 0.6 is 0 Å². The molecule has 130 valence electrons. The van der Waals surface area contributed by atoms with Crippen molar-refractivity contribution in [3.8, 4) is 0 Å². The minimum Gasteiger partial charge on any atom is -0.347 e. The summed E-state index contributed by atoms with van der Waals surface area (Å²) in [7, 11) is 5.69. The molecule has 0 spiro atoms. The molecule has 1 fully saturated rings. The molecule has 23 heavy (non-hydrogen) atoms. The zero-order valence-electron chi connectivity index (χ0n) is 15.1. The Bertz CT molecular complexity index is 528. The summed E-state index contributed by atoms with van der Waals surface area (Å²) in [4.78, 5) is 22.7. The van der Waals surface area contributed by atoms with E-state index < -0.39 is 0 Å². The van der Waals surface area contributed by atoms with Gasteiger partial charge in [-0.2, -0.15) is 4.98 Å². The molecule has 0 aromatic carbocycles. The molecule has 1 aliphatic heterocycles. The summed E-state index contributed by atoms with van der Waals surface area (Å²) in [6, 6.07) is 0.342. The number of likely N-dealkylation sites (tertiary alicyclic amines) is 1. The van der Waals surface area contributed by atoms with Crippen LogP contribution in [0.5, 0.6) is 0 Å². The Morgan fingerprint density at radius 1 is 1.35 bits per heavy atom. The molecule has 1 saturated heterocycles. The van der Waals surface area contributed by atoms with Crippen LogP contribution in [-0.2, 0) is 11.3 Å². The summed E-state index contributed by atoms with van der Waals surface area (Å²) >= 11 is 0. The fraction of sp³-hybridized carbons (Fsp3) is 0.812. The third kappa shape index (κ3) is 4.29. The predicted molar refractivity (Wildman–Crippen MR) is 88.0 cm³/mol. The standard InChI is InChI=1S/C16H29N5O2/c1-11(2)15-17-14(18-23-15)10-20(6)13-7-8-21(9-13)12(3)16(22)19(4)5/h11-13H,7-10H2,1-6H3/t12-,13+/m0/s1. The molecule has 2 heterocycles. The molecule has 0 aliphatic carbocycles. The molecule has 0 radical (unpaired) electrons. The lowest BCUT2D eigenvalue weighted by molar-refractivity contribution is -0.133. The Morgan fingerprint density at radius 2 is 2.04 bits per heavy atom. The molecule has 2 rings (SSSR count). The Hall–Kier alpha value is -1.47. The van der Waals surface area contributed by atoms with E-state index in [0.717, 1.165) is 25.3 Å². The van der Waals surface area contributed by atoms with Gasteiger partial charge < -0.3 is 9.42 Å². The number of hydrogen-bond donors (Lipinski definition) is 0. The highest BCUT2D eigenvalue weighted by Crippen LogP contribution is 2.19. The van der Waals surface area contributed by atoms with E-state index >= 15 is 0 Å². The number of likely N-dealkylation sites (N-methyl/N-ethyl adjacent to an activating group) is 2. The van der Waals surface area contributed by atoms with Crippen molar-refractivity contribution in [2.24, 2.45) is 0 Å². The van der Waals surface area contributed by atoms with Crippen molar-refractivity contribution in [2.45, 2.75) is 51.7 Å². The van der Waals surface area contributed by atoms with Gasteiger partial charge in [0.1, 0.15) is 0 Å².